The molecule has 0 aromatic carbocycles. The van der Waals surface area contributed by atoms with Crippen LogP contribution in [0.3, 0.4) is 0 Å². The summed E-state index contributed by atoms with van der Waals surface area (Å²) in [7, 11) is 0. The SMILES string of the molecule is CC1SCCN(C(=O)CC2(CN)CCCCC2)C1C.Cl. The Hall–Kier alpha value is 0.0700. The Labute approximate surface area is 133 Å². The number of rotatable bonds is 3. The normalized spacial score (nSPS) is 29.6. The molecule has 0 bridgehead atoms. The lowest BCUT2D eigenvalue weighted by atomic mass is 9.71. The van der Waals surface area contributed by atoms with Gasteiger partial charge in [0.05, 0.1) is 0 Å². The number of carbonyl (C=O) groups excluding carboxylic acids is 1. The minimum atomic E-state index is 0. The highest BCUT2D eigenvalue weighted by atomic mass is 35.5. The number of halogens is 1. The maximum Gasteiger partial charge on any atom is 0.223 e. The summed E-state index contributed by atoms with van der Waals surface area (Å²) in [5, 5.41) is 0.554. The van der Waals surface area contributed by atoms with E-state index in [0.717, 1.165) is 25.1 Å². The molecule has 2 aliphatic rings. The predicted octanol–water partition coefficient (Wildman–Crippen LogP) is 3.06. The standard InChI is InChI=1S/C15H28N2OS.ClH/c1-12-13(2)19-9-8-17(12)14(18)10-15(11-16)6-4-3-5-7-15;/h12-13H,3-11,16H2,1-2H3;1H. The first-order chi connectivity index (χ1) is 9.08. The first kappa shape index (κ1) is 18.1. The molecule has 1 saturated carbocycles. The van der Waals surface area contributed by atoms with Crippen molar-refractivity contribution in [2.75, 3.05) is 18.8 Å². The molecule has 1 aliphatic heterocycles. The molecule has 2 atom stereocenters. The van der Waals surface area contributed by atoms with Crippen LogP contribution in [0.25, 0.3) is 0 Å². The fraction of sp³-hybridized carbons (Fsp3) is 0.933. The number of thioether (sulfide) groups is 1. The second-order valence-electron chi connectivity index (χ2n) is 6.35. The molecule has 0 aromatic rings. The summed E-state index contributed by atoms with van der Waals surface area (Å²) in [6.45, 7) is 6.00. The van der Waals surface area contributed by atoms with Crippen molar-refractivity contribution in [2.24, 2.45) is 11.1 Å². The summed E-state index contributed by atoms with van der Waals surface area (Å²) in [6, 6.07) is 0.365. The van der Waals surface area contributed by atoms with Gasteiger partial charge in [-0.2, -0.15) is 11.8 Å². The first-order valence-electron chi connectivity index (χ1n) is 7.69. The number of hydrogen-bond donors (Lipinski definition) is 1. The van der Waals surface area contributed by atoms with E-state index in [-0.39, 0.29) is 17.8 Å². The van der Waals surface area contributed by atoms with Crippen molar-refractivity contribution in [3.8, 4) is 0 Å². The van der Waals surface area contributed by atoms with E-state index in [1.807, 2.05) is 11.8 Å². The molecule has 1 aliphatic carbocycles. The van der Waals surface area contributed by atoms with E-state index in [1.54, 1.807) is 0 Å². The molecule has 118 valence electrons. The van der Waals surface area contributed by atoms with Gasteiger partial charge >= 0.3 is 0 Å². The number of nitrogens with two attached hydrogens (primary N) is 1. The minimum Gasteiger partial charge on any atom is -0.338 e. The largest absolute Gasteiger partial charge is 0.338 e. The Balaban J connectivity index is 0.00000200. The van der Waals surface area contributed by atoms with E-state index < -0.39 is 0 Å². The van der Waals surface area contributed by atoms with Gasteiger partial charge in [0.2, 0.25) is 5.91 Å². The number of nitrogens with zero attached hydrogens (tertiary/aromatic N) is 1. The van der Waals surface area contributed by atoms with E-state index in [2.05, 4.69) is 18.7 Å². The second-order valence-corrected chi connectivity index (χ2v) is 7.83. The van der Waals surface area contributed by atoms with Crippen LogP contribution in [0.5, 0.6) is 0 Å². The lowest BCUT2D eigenvalue weighted by Crippen LogP contribution is -2.50. The summed E-state index contributed by atoms with van der Waals surface area (Å²) in [5.41, 5.74) is 6.10. The number of hydrogen-bond acceptors (Lipinski definition) is 3. The smallest absolute Gasteiger partial charge is 0.223 e. The Kier molecular flexibility index (Phi) is 7.16. The van der Waals surface area contributed by atoms with Crippen LogP contribution in [-0.2, 0) is 4.79 Å². The van der Waals surface area contributed by atoms with E-state index in [0.29, 0.717) is 30.2 Å². The molecule has 20 heavy (non-hydrogen) atoms. The average Bonchev–Trinajstić information content (AvgIpc) is 2.42. The summed E-state index contributed by atoms with van der Waals surface area (Å²) in [4.78, 5) is 14.8. The van der Waals surface area contributed by atoms with Gasteiger partial charge in [0.1, 0.15) is 0 Å². The zero-order valence-electron chi connectivity index (χ0n) is 12.8. The molecule has 0 spiro atoms. The van der Waals surface area contributed by atoms with E-state index in [4.69, 9.17) is 5.73 Å². The van der Waals surface area contributed by atoms with E-state index in [1.165, 1.54) is 19.3 Å². The van der Waals surface area contributed by atoms with Gasteiger partial charge in [-0.15, -0.1) is 12.4 Å². The maximum atomic E-state index is 12.6. The van der Waals surface area contributed by atoms with Crippen molar-refractivity contribution in [2.45, 2.75) is 63.7 Å². The van der Waals surface area contributed by atoms with Gasteiger partial charge in [-0.05, 0) is 31.7 Å². The summed E-state index contributed by atoms with van der Waals surface area (Å²) in [5.74, 6) is 1.42. The van der Waals surface area contributed by atoms with Crippen molar-refractivity contribution >= 4 is 30.1 Å². The maximum absolute atomic E-state index is 12.6. The van der Waals surface area contributed by atoms with Crippen molar-refractivity contribution in [3.05, 3.63) is 0 Å². The Bertz CT molecular complexity index is 321. The van der Waals surface area contributed by atoms with Crippen molar-refractivity contribution in [1.82, 2.24) is 4.90 Å². The van der Waals surface area contributed by atoms with Gasteiger partial charge < -0.3 is 10.6 Å². The van der Waals surface area contributed by atoms with Crippen LogP contribution in [0.15, 0.2) is 0 Å². The molecule has 1 saturated heterocycles. The minimum absolute atomic E-state index is 0. The summed E-state index contributed by atoms with van der Waals surface area (Å²) < 4.78 is 0. The molecule has 0 radical (unpaired) electrons. The molecule has 5 heteroatoms. The highest BCUT2D eigenvalue weighted by Gasteiger charge is 2.37. The topological polar surface area (TPSA) is 46.3 Å². The highest BCUT2D eigenvalue weighted by molar-refractivity contribution is 8.00. The van der Waals surface area contributed by atoms with Crippen LogP contribution in [0.4, 0.5) is 0 Å². The molecule has 1 amide bonds. The van der Waals surface area contributed by atoms with E-state index in [9.17, 15) is 4.79 Å². The van der Waals surface area contributed by atoms with Gasteiger partial charge in [-0.25, -0.2) is 0 Å². The molecule has 2 unspecified atom stereocenters. The van der Waals surface area contributed by atoms with Gasteiger partial charge in [-0.3, -0.25) is 4.79 Å². The van der Waals surface area contributed by atoms with Gasteiger partial charge in [-0.1, -0.05) is 26.2 Å². The molecule has 3 nitrogen and oxygen atoms in total. The zero-order chi connectivity index (χ0) is 13.9. The lowest BCUT2D eigenvalue weighted by Gasteiger charge is -2.41. The monoisotopic (exact) mass is 320 g/mol. The van der Waals surface area contributed by atoms with Gasteiger partial charge in [0.15, 0.2) is 0 Å². The first-order valence-corrected chi connectivity index (χ1v) is 8.74. The third-order valence-corrected chi connectivity index (χ3v) is 6.42. The van der Waals surface area contributed by atoms with Crippen LogP contribution in [-0.4, -0.2) is 40.9 Å². The molecule has 0 aromatic heterocycles. The Morgan fingerprint density at radius 1 is 1.30 bits per heavy atom. The van der Waals surface area contributed by atoms with Crippen LogP contribution >= 0.6 is 24.2 Å². The third kappa shape index (κ3) is 4.05. The molecule has 2 N–H and O–H groups in total. The summed E-state index contributed by atoms with van der Waals surface area (Å²) >= 11 is 1.98. The van der Waals surface area contributed by atoms with Crippen LogP contribution < -0.4 is 5.73 Å². The molecule has 2 rings (SSSR count). The molecule has 1 heterocycles. The Morgan fingerprint density at radius 2 is 1.95 bits per heavy atom. The Morgan fingerprint density at radius 3 is 2.55 bits per heavy atom. The lowest BCUT2D eigenvalue weighted by molar-refractivity contribution is -0.136. The zero-order valence-corrected chi connectivity index (χ0v) is 14.4. The van der Waals surface area contributed by atoms with Crippen molar-refractivity contribution < 1.29 is 4.79 Å². The van der Waals surface area contributed by atoms with Gasteiger partial charge in [0.25, 0.3) is 0 Å². The molecular weight excluding hydrogens is 292 g/mol. The van der Waals surface area contributed by atoms with Crippen LogP contribution in [0.2, 0.25) is 0 Å². The molecule has 2 fully saturated rings. The third-order valence-electron chi connectivity index (χ3n) is 5.08. The second kappa shape index (κ2) is 7.90. The predicted molar refractivity (Wildman–Crippen MR) is 89.5 cm³/mol. The van der Waals surface area contributed by atoms with Crippen molar-refractivity contribution in [3.63, 3.8) is 0 Å². The fourth-order valence-electron chi connectivity index (χ4n) is 3.46. The van der Waals surface area contributed by atoms with Gasteiger partial charge in [0, 0.05) is 30.0 Å². The highest BCUT2D eigenvalue weighted by Crippen LogP contribution is 2.39. The number of carbonyl (C=O) groups is 1. The van der Waals surface area contributed by atoms with Crippen LogP contribution in [0.1, 0.15) is 52.4 Å². The van der Waals surface area contributed by atoms with Crippen molar-refractivity contribution in [1.29, 1.82) is 0 Å². The van der Waals surface area contributed by atoms with E-state index >= 15 is 0 Å². The van der Waals surface area contributed by atoms with Crippen LogP contribution in [0, 0.1) is 5.41 Å². The summed E-state index contributed by atoms with van der Waals surface area (Å²) in [6.07, 6.45) is 6.75. The fourth-order valence-corrected chi connectivity index (χ4v) is 4.56. The quantitative estimate of drug-likeness (QED) is 0.869. The molecular formula is C15H29ClN2OS. The number of amides is 1. The average molecular weight is 321 g/mol.